The monoisotopic (exact) mass is 467 g/mol. The molecule has 0 unspecified atom stereocenters. The Morgan fingerprint density at radius 2 is 1.73 bits per heavy atom. The topological polar surface area (TPSA) is 102 Å². The third-order valence-corrected chi connectivity index (χ3v) is 8.28. The van der Waals surface area contributed by atoms with Crippen LogP contribution in [0.5, 0.6) is 0 Å². The fraction of sp³-hybridized carbons (Fsp3) is 0.348. The number of non-ortho nitro benzene ring substituents is 1. The summed E-state index contributed by atoms with van der Waals surface area (Å²) in [6.07, 6.45) is 3.17. The summed E-state index contributed by atoms with van der Waals surface area (Å²) in [6.45, 7) is 2.54. The minimum absolute atomic E-state index is 0.0374. The zero-order valence-corrected chi connectivity index (χ0v) is 18.9. The number of fused-ring (bicyclic) bond motifs is 1. The summed E-state index contributed by atoms with van der Waals surface area (Å²) in [6, 6.07) is 15.4. The molecule has 0 N–H and O–H groups in total. The van der Waals surface area contributed by atoms with Crippen LogP contribution in [0.3, 0.4) is 0 Å². The largest absolute Gasteiger partial charge is 0.295 e. The Labute approximate surface area is 192 Å². The number of piperazine rings is 1. The van der Waals surface area contributed by atoms with Gasteiger partial charge in [0.25, 0.3) is 5.69 Å². The maximum atomic E-state index is 13.0. The lowest BCUT2D eigenvalue weighted by molar-refractivity contribution is -0.385. The van der Waals surface area contributed by atoms with Crippen LogP contribution in [0.1, 0.15) is 23.4 Å². The molecule has 3 aromatic rings. The first-order chi connectivity index (χ1) is 15.9. The Balaban J connectivity index is 1.29. The predicted molar refractivity (Wildman–Crippen MR) is 123 cm³/mol. The first-order valence-corrected chi connectivity index (χ1v) is 12.5. The molecule has 33 heavy (non-hydrogen) atoms. The van der Waals surface area contributed by atoms with Gasteiger partial charge in [0.15, 0.2) is 0 Å². The van der Waals surface area contributed by atoms with Crippen LogP contribution in [-0.4, -0.2) is 58.5 Å². The minimum atomic E-state index is -3.77. The number of rotatable bonds is 6. The van der Waals surface area contributed by atoms with Crippen molar-refractivity contribution in [2.75, 3.05) is 26.2 Å². The Bertz CT molecular complexity index is 1280. The van der Waals surface area contributed by atoms with Crippen molar-refractivity contribution in [3.05, 3.63) is 81.7 Å². The van der Waals surface area contributed by atoms with Gasteiger partial charge in [0.05, 0.1) is 21.2 Å². The highest BCUT2D eigenvalue weighted by Crippen LogP contribution is 2.29. The summed E-state index contributed by atoms with van der Waals surface area (Å²) in [5.74, 6) is 0. The lowest BCUT2D eigenvalue weighted by Crippen LogP contribution is -2.48. The molecule has 1 aliphatic heterocycles. The third-order valence-electron chi connectivity index (χ3n) is 6.39. The van der Waals surface area contributed by atoms with Gasteiger partial charge in [-0.2, -0.15) is 9.40 Å². The third kappa shape index (κ3) is 4.17. The molecule has 1 fully saturated rings. The summed E-state index contributed by atoms with van der Waals surface area (Å²) < 4.78 is 29.5. The van der Waals surface area contributed by atoms with E-state index in [0.717, 1.165) is 36.7 Å². The van der Waals surface area contributed by atoms with Crippen molar-refractivity contribution in [3.63, 3.8) is 0 Å². The number of hydrogen-bond acceptors (Lipinski definition) is 6. The molecule has 0 atom stereocenters. The van der Waals surface area contributed by atoms with E-state index in [1.807, 2.05) is 18.2 Å². The van der Waals surface area contributed by atoms with E-state index in [0.29, 0.717) is 32.7 Å². The first-order valence-electron chi connectivity index (χ1n) is 11.1. The van der Waals surface area contributed by atoms with Gasteiger partial charge < -0.3 is 0 Å². The van der Waals surface area contributed by atoms with Gasteiger partial charge in [-0.05, 0) is 43.0 Å². The molecule has 2 aliphatic rings. The molecule has 172 valence electrons. The second kappa shape index (κ2) is 8.69. The molecule has 1 aromatic heterocycles. The van der Waals surface area contributed by atoms with Crippen LogP contribution in [0.25, 0.3) is 5.69 Å². The standard InChI is InChI=1S/C23H25N5O4S/c29-28(30)19-8-4-9-20(16-19)33(31,32)26-14-12-25(13-15-26)17-22-21-10-5-11-23(21)27(24-22)18-6-2-1-3-7-18/h1-4,6-9,16H,5,10-15,17H2. The molecule has 0 saturated carbocycles. The summed E-state index contributed by atoms with van der Waals surface area (Å²) in [4.78, 5) is 12.6. The van der Waals surface area contributed by atoms with Gasteiger partial charge >= 0.3 is 0 Å². The highest BCUT2D eigenvalue weighted by Gasteiger charge is 2.31. The van der Waals surface area contributed by atoms with E-state index in [1.54, 1.807) is 0 Å². The van der Waals surface area contributed by atoms with Crippen molar-refractivity contribution in [1.29, 1.82) is 0 Å². The number of para-hydroxylation sites is 1. The minimum Gasteiger partial charge on any atom is -0.295 e. The van der Waals surface area contributed by atoms with E-state index in [9.17, 15) is 18.5 Å². The molecule has 2 aromatic carbocycles. The van der Waals surface area contributed by atoms with Crippen LogP contribution in [0.4, 0.5) is 5.69 Å². The van der Waals surface area contributed by atoms with E-state index in [1.165, 1.54) is 33.8 Å². The molecular formula is C23H25N5O4S. The molecule has 0 spiro atoms. The molecule has 0 radical (unpaired) electrons. The Morgan fingerprint density at radius 3 is 2.45 bits per heavy atom. The zero-order valence-electron chi connectivity index (χ0n) is 18.1. The van der Waals surface area contributed by atoms with E-state index < -0.39 is 14.9 Å². The van der Waals surface area contributed by atoms with E-state index in [-0.39, 0.29) is 10.6 Å². The molecule has 1 aliphatic carbocycles. The van der Waals surface area contributed by atoms with Crippen LogP contribution >= 0.6 is 0 Å². The second-order valence-corrected chi connectivity index (χ2v) is 10.3. The van der Waals surface area contributed by atoms with Crippen molar-refractivity contribution in [2.24, 2.45) is 0 Å². The van der Waals surface area contributed by atoms with Gasteiger partial charge in [-0.1, -0.05) is 24.3 Å². The summed E-state index contributed by atoms with van der Waals surface area (Å²) >= 11 is 0. The number of aromatic nitrogens is 2. The van der Waals surface area contributed by atoms with Crippen LogP contribution in [-0.2, 0) is 29.4 Å². The van der Waals surface area contributed by atoms with Crippen LogP contribution in [0, 0.1) is 10.1 Å². The smallest absolute Gasteiger partial charge is 0.270 e. The molecular weight excluding hydrogens is 442 g/mol. The lowest BCUT2D eigenvalue weighted by atomic mass is 10.2. The Hall–Kier alpha value is -3.08. The fourth-order valence-electron chi connectivity index (χ4n) is 4.67. The summed E-state index contributed by atoms with van der Waals surface area (Å²) in [5.41, 5.74) is 4.52. The molecule has 2 heterocycles. The first kappa shape index (κ1) is 21.7. The zero-order chi connectivity index (χ0) is 23.0. The van der Waals surface area contributed by atoms with Gasteiger partial charge in [-0.15, -0.1) is 0 Å². The molecule has 5 rings (SSSR count). The second-order valence-electron chi connectivity index (χ2n) is 8.41. The van der Waals surface area contributed by atoms with Crippen LogP contribution in [0.2, 0.25) is 0 Å². The van der Waals surface area contributed by atoms with Gasteiger partial charge in [0.1, 0.15) is 0 Å². The number of benzene rings is 2. The van der Waals surface area contributed by atoms with Crippen molar-refractivity contribution < 1.29 is 13.3 Å². The lowest BCUT2D eigenvalue weighted by Gasteiger charge is -2.33. The number of nitrogens with zero attached hydrogens (tertiary/aromatic N) is 5. The van der Waals surface area contributed by atoms with Gasteiger partial charge in [0, 0.05) is 50.6 Å². The van der Waals surface area contributed by atoms with E-state index in [4.69, 9.17) is 5.10 Å². The maximum Gasteiger partial charge on any atom is 0.270 e. The van der Waals surface area contributed by atoms with Gasteiger partial charge in [-0.25, -0.2) is 13.1 Å². The van der Waals surface area contributed by atoms with Gasteiger partial charge in [-0.3, -0.25) is 15.0 Å². The Morgan fingerprint density at radius 1 is 0.970 bits per heavy atom. The number of nitro benzene ring substituents is 1. The molecule has 9 nitrogen and oxygen atoms in total. The quantitative estimate of drug-likeness (QED) is 0.408. The average Bonchev–Trinajstić information content (AvgIpc) is 3.44. The van der Waals surface area contributed by atoms with Crippen molar-refractivity contribution in [3.8, 4) is 5.69 Å². The Kier molecular flexibility index (Phi) is 5.73. The normalized spacial score (nSPS) is 17.2. The molecule has 0 amide bonds. The molecule has 0 bridgehead atoms. The van der Waals surface area contributed by atoms with Crippen molar-refractivity contribution >= 4 is 15.7 Å². The number of sulfonamides is 1. The molecule has 1 saturated heterocycles. The molecule has 10 heteroatoms. The number of nitro groups is 1. The highest BCUT2D eigenvalue weighted by molar-refractivity contribution is 7.89. The predicted octanol–water partition coefficient (Wildman–Crippen LogP) is 2.78. The summed E-state index contributed by atoms with van der Waals surface area (Å²) in [5, 5.41) is 15.9. The van der Waals surface area contributed by atoms with Crippen molar-refractivity contribution in [2.45, 2.75) is 30.7 Å². The fourth-order valence-corrected chi connectivity index (χ4v) is 6.13. The number of hydrogen-bond donors (Lipinski definition) is 0. The van der Waals surface area contributed by atoms with Crippen molar-refractivity contribution in [1.82, 2.24) is 19.0 Å². The van der Waals surface area contributed by atoms with E-state index >= 15 is 0 Å². The SMILES string of the molecule is O=[N+]([O-])c1cccc(S(=O)(=O)N2CCN(Cc3nn(-c4ccccc4)c4c3CCC4)CC2)c1. The van der Waals surface area contributed by atoms with Crippen LogP contribution in [0.15, 0.2) is 59.5 Å². The van der Waals surface area contributed by atoms with Gasteiger partial charge in [0.2, 0.25) is 10.0 Å². The van der Waals surface area contributed by atoms with Crippen LogP contribution < -0.4 is 0 Å². The average molecular weight is 468 g/mol. The maximum absolute atomic E-state index is 13.0. The van der Waals surface area contributed by atoms with E-state index in [2.05, 4.69) is 21.7 Å². The highest BCUT2D eigenvalue weighted by atomic mass is 32.2. The summed E-state index contributed by atoms with van der Waals surface area (Å²) in [7, 11) is -3.77.